The quantitative estimate of drug-likeness (QED) is 0.938. The lowest BCUT2D eigenvalue weighted by Gasteiger charge is -2.18. The van der Waals surface area contributed by atoms with E-state index in [0.29, 0.717) is 5.69 Å². The van der Waals surface area contributed by atoms with E-state index in [2.05, 4.69) is 9.71 Å². The van der Waals surface area contributed by atoms with Crippen molar-refractivity contribution in [3.05, 3.63) is 48.3 Å². The molecule has 0 bridgehead atoms. The Kier molecular flexibility index (Phi) is 3.94. The number of para-hydroxylation sites is 2. The van der Waals surface area contributed by atoms with E-state index >= 15 is 0 Å². The van der Waals surface area contributed by atoms with Crippen molar-refractivity contribution in [2.75, 3.05) is 23.7 Å². The first-order chi connectivity index (χ1) is 9.40. The van der Waals surface area contributed by atoms with Crippen molar-refractivity contribution in [2.24, 2.45) is 0 Å². The third kappa shape index (κ3) is 3.08. The average molecular weight is 291 g/mol. The first-order valence-corrected chi connectivity index (χ1v) is 7.60. The predicted molar refractivity (Wildman–Crippen MR) is 80.6 cm³/mol. The normalized spacial score (nSPS) is 11.2. The lowest BCUT2D eigenvalue weighted by molar-refractivity contribution is 0.601. The van der Waals surface area contributed by atoms with E-state index < -0.39 is 10.0 Å². The second-order valence-electron chi connectivity index (χ2n) is 4.65. The Morgan fingerprint density at radius 3 is 2.40 bits per heavy atom. The number of nitrogens with one attached hydrogen (secondary N) is 1. The van der Waals surface area contributed by atoms with Gasteiger partial charge in [0.1, 0.15) is 4.90 Å². The van der Waals surface area contributed by atoms with Crippen LogP contribution in [0.25, 0.3) is 0 Å². The Bertz CT molecular complexity index is 695. The second-order valence-corrected chi connectivity index (χ2v) is 6.33. The van der Waals surface area contributed by atoms with Crippen LogP contribution < -0.4 is 9.62 Å². The highest BCUT2D eigenvalue weighted by molar-refractivity contribution is 7.92. The summed E-state index contributed by atoms with van der Waals surface area (Å²) >= 11 is 0. The van der Waals surface area contributed by atoms with E-state index in [-0.39, 0.29) is 4.90 Å². The zero-order chi connectivity index (χ0) is 14.8. The molecule has 0 atom stereocenters. The van der Waals surface area contributed by atoms with Crippen LogP contribution in [0.4, 0.5) is 11.4 Å². The number of aryl methyl sites for hydroxylation is 1. The van der Waals surface area contributed by atoms with Crippen molar-refractivity contribution in [3.8, 4) is 0 Å². The molecule has 0 radical (unpaired) electrons. The number of sulfonamides is 1. The van der Waals surface area contributed by atoms with Gasteiger partial charge in [-0.15, -0.1) is 0 Å². The molecule has 1 aromatic carbocycles. The fourth-order valence-corrected chi connectivity index (χ4v) is 2.79. The number of rotatable bonds is 4. The summed E-state index contributed by atoms with van der Waals surface area (Å²) in [5, 5.41) is 0. The van der Waals surface area contributed by atoms with Crippen LogP contribution in [0, 0.1) is 6.92 Å². The number of hydrogen-bond acceptors (Lipinski definition) is 4. The molecule has 0 aliphatic carbocycles. The third-order valence-electron chi connectivity index (χ3n) is 2.82. The molecule has 0 unspecified atom stereocenters. The van der Waals surface area contributed by atoms with Gasteiger partial charge in [-0.1, -0.05) is 12.1 Å². The van der Waals surface area contributed by atoms with Crippen LogP contribution in [0.15, 0.2) is 47.5 Å². The number of hydrogen-bond donors (Lipinski definition) is 1. The summed E-state index contributed by atoms with van der Waals surface area (Å²) in [6.45, 7) is 1.81. The topological polar surface area (TPSA) is 62.3 Å². The molecule has 0 saturated carbocycles. The van der Waals surface area contributed by atoms with Gasteiger partial charge >= 0.3 is 0 Å². The molecule has 5 nitrogen and oxygen atoms in total. The summed E-state index contributed by atoms with van der Waals surface area (Å²) in [6, 6.07) is 10.5. The van der Waals surface area contributed by atoms with Gasteiger partial charge in [0.05, 0.1) is 11.4 Å². The van der Waals surface area contributed by atoms with E-state index in [1.54, 1.807) is 24.3 Å². The number of aromatic nitrogens is 1. The van der Waals surface area contributed by atoms with Crippen LogP contribution in [-0.4, -0.2) is 27.5 Å². The van der Waals surface area contributed by atoms with Crippen LogP contribution in [0.3, 0.4) is 0 Å². The van der Waals surface area contributed by atoms with Gasteiger partial charge in [0, 0.05) is 26.0 Å². The van der Waals surface area contributed by atoms with Gasteiger partial charge in [0.25, 0.3) is 10.0 Å². The Morgan fingerprint density at radius 1 is 1.10 bits per heavy atom. The summed E-state index contributed by atoms with van der Waals surface area (Å²) in [7, 11) is 0.0981. The molecule has 0 amide bonds. The smallest absolute Gasteiger partial charge is 0.263 e. The van der Waals surface area contributed by atoms with Crippen LogP contribution in [0.5, 0.6) is 0 Å². The van der Waals surface area contributed by atoms with Crippen molar-refractivity contribution in [3.63, 3.8) is 0 Å². The Labute approximate surface area is 119 Å². The Morgan fingerprint density at radius 2 is 1.80 bits per heavy atom. The number of nitrogens with zero attached hydrogens (tertiary/aromatic N) is 2. The number of benzene rings is 1. The van der Waals surface area contributed by atoms with Crippen molar-refractivity contribution >= 4 is 21.4 Å². The molecular formula is C14H17N3O2S. The summed E-state index contributed by atoms with van der Waals surface area (Å²) in [4.78, 5) is 6.02. The van der Waals surface area contributed by atoms with Crippen molar-refractivity contribution < 1.29 is 8.42 Å². The molecule has 1 aromatic heterocycles. The minimum absolute atomic E-state index is 0.150. The van der Waals surface area contributed by atoms with Crippen molar-refractivity contribution in [1.82, 2.24) is 4.98 Å². The maximum Gasteiger partial charge on any atom is 0.263 e. The highest BCUT2D eigenvalue weighted by atomic mass is 32.2. The first kappa shape index (κ1) is 14.3. The maximum absolute atomic E-state index is 12.3. The van der Waals surface area contributed by atoms with Crippen LogP contribution in [-0.2, 0) is 10.0 Å². The summed E-state index contributed by atoms with van der Waals surface area (Å²) < 4.78 is 27.2. The molecule has 0 saturated heterocycles. The molecule has 1 heterocycles. The Balaban J connectivity index is 2.36. The molecular weight excluding hydrogens is 274 g/mol. The molecule has 0 spiro atoms. The van der Waals surface area contributed by atoms with E-state index in [0.717, 1.165) is 11.4 Å². The lowest BCUT2D eigenvalue weighted by Crippen LogP contribution is -2.17. The highest BCUT2D eigenvalue weighted by Gasteiger charge is 2.16. The Hall–Kier alpha value is -2.08. The van der Waals surface area contributed by atoms with E-state index in [9.17, 15) is 8.42 Å². The molecule has 106 valence electrons. The molecule has 6 heteroatoms. The van der Waals surface area contributed by atoms with E-state index in [1.165, 1.54) is 6.20 Å². The van der Waals surface area contributed by atoms with Gasteiger partial charge in [0.2, 0.25) is 0 Å². The molecule has 20 heavy (non-hydrogen) atoms. The maximum atomic E-state index is 12.3. The third-order valence-corrected chi connectivity index (χ3v) is 4.18. The van der Waals surface area contributed by atoms with Gasteiger partial charge in [-0.2, -0.15) is 0 Å². The predicted octanol–water partition coefficient (Wildman–Crippen LogP) is 2.26. The minimum atomic E-state index is -3.63. The van der Waals surface area contributed by atoms with Crippen LogP contribution in [0.1, 0.15) is 5.69 Å². The van der Waals surface area contributed by atoms with Crippen LogP contribution in [0.2, 0.25) is 0 Å². The molecule has 2 aromatic rings. The summed E-state index contributed by atoms with van der Waals surface area (Å²) in [6.07, 6.45) is 1.36. The van der Waals surface area contributed by atoms with Crippen molar-refractivity contribution in [2.45, 2.75) is 11.8 Å². The zero-order valence-electron chi connectivity index (χ0n) is 11.7. The fraction of sp³-hybridized carbons (Fsp3) is 0.214. The molecule has 1 N–H and O–H groups in total. The molecule has 0 aliphatic rings. The molecule has 0 fully saturated rings. The largest absolute Gasteiger partial charge is 0.376 e. The van der Waals surface area contributed by atoms with Gasteiger partial charge in [-0.25, -0.2) is 8.42 Å². The van der Waals surface area contributed by atoms with Crippen molar-refractivity contribution in [1.29, 1.82) is 0 Å². The molecule has 0 aliphatic heterocycles. The summed E-state index contributed by atoms with van der Waals surface area (Å²) in [5.74, 6) is 0. The number of anilines is 2. The molecule has 2 rings (SSSR count). The lowest BCUT2D eigenvalue weighted by atomic mass is 10.2. The highest BCUT2D eigenvalue weighted by Crippen LogP contribution is 2.26. The SMILES string of the molecule is Cc1ccc(S(=O)(=O)Nc2ccccc2N(C)C)cn1. The summed E-state index contributed by atoms with van der Waals surface area (Å²) in [5.41, 5.74) is 2.12. The number of pyridine rings is 1. The van der Waals surface area contributed by atoms with Gasteiger partial charge in [-0.3, -0.25) is 9.71 Å². The fourth-order valence-electron chi connectivity index (χ4n) is 1.77. The average Bonchev–Trinajstić information content (AvgIpc) is 2.39. The standard InChI is InChI=1S/C14H17N3O2S/c1-11-8-9-12(10-15-11)20(18,19)16-13-6-4-5-7-14(13)17(2)3/h4-10,16H,1-3H3. The minimum Gasteiger partial charge on any atom is -0.376 e. The second kappa shape index (κ2) is 5.50. The van der Waals surface area contributed by atoms with Gasteiger partial charge in [-0.05, 0) is 31.2 Å². The van der Waals surface area contributed by atoms with Crippen LogP contribution >= 0.6 is 0 Å². The monoisotopic (exact) mass is 291 g/mol. The van der Waals surface area contributed by atoms with Gasteiger partial charge in [0.15, 0.2) is 0 Å². The zero-order valence-corrected chi connectivity index (χ0v) is 12.5. The van der Waals surface area contributed by atoms with Gasteiger partial charge < -0.3 is 4.90 Å². The van der Waals surface area contributed by atoms with E-state index in [4.69, 9.17) is 0 Å². The first-order valence-electron chi connectivity index (χ1n) is 6.12. The van der Waals surface area contributed by atoms with E-state index in [1.807, 2.05) is 38.1 Å².